The molecule has 3 nitrogen and oxygen atoms in total. The monoisotopic (exact) mass is 263 g/mol. The summed E-state index contributed by atoms with van der Waals surface area (Å²) in [4.78, 5) is 4.34. The van der Waals surface area contributed by atoms with Crippen LogP contribution in [0.4, 0.5) is 5.69 Å². The smallest absolute Gasteiger partial charge is 0.112 e. The number of halogens is 1. The number of benzene rings is 1. The van der Waals surface area contributed by atoms with Crippen LogP contribution in [0.3, 0.4) is 0 Å². The summed E-state index contributed by atoms with van der Waals surface area (Å²) in [7, 11) is 0. The van der Waals surface area contributed by atoms with Gasteiger partial charge in [-0.3, -0.25) is 0 Å². The van der Waals surface area contributed by atoms with Crippen molar-refractivity contribution in [1.82, 2.24) is 4.98 Å². The van der Waals surface area contributed by atoms with Gasteiger partial charge < -0.3 is 5.32 Å². The average molecular weight is 264 g/mol. The van der Waals surface area contributed by atoms with Gasteiger partial charge in [-0.2, -0.15) is 5.26 Å². The fourth-order valence-electron chi connectivity index (χ4n) is 1.44. The van der Waals surface area contributed by atoms with Gasteiger partial charge in [0.05, 0.1) is 22.8 Å². The molecule has 1 N–H and O–H groups in total. The van der Waals surface area contributed by atoms with Crippen LogP contribution in [-0.2, 0) is 6.54 Å². The van der Waals surface area contributed by atoms with Gasteiger partial charge in [0, 0.05) is 11.1 Å². The molecule has 1 heterocycles. The van der Waals surface area contributed by atoms with Gasteiger partial charge in [0.2, 0.25) is 0 Å². The summed E-state index contributed by atoms with van der Waals surface area (Å²) in [6, 6.07) is 7.46. The third-order valence-corrected chi connectivity index (χ3v) is 3.50. The lowest BCUT2D eigenvalue weighted by atomic mass is 10.2. The number of anilines is 1. The molecule has 2 rings (SSSR count). The van der Waals surface area contributed by atoms with Crippen LogP contribution < -0.4 is 5.32 Å². The molecule has 0 fully saturated rings. The van der Waals surface area contributed by atoms with Crippen LogP contribution in [0.2, 0.25) is 5.02 Å². The van der Waals surface area contributed by atoms with E-state index < -0.39 is 0 Å². The standard InChI is InChI=1S/C12H10ClN3S/c1-8-7-17-12(16-8)6-15-11-4-2-3-10(13)9(11)5-14/h2-4,7,15H,6H2,1H3. The van der Waals surface area contributed by atoms with E-state index in [2.05, 4.69) is 16.4 Å². The zero-order chi connectivity index (χ0) is 12.3. The quantitative estimate of drug-likeness (QED) is 0.921. The number of hydrogen-bond donors (Lipinski definition) is 1. The van der Waals surface area contributed by atoms with Crippen LogP contribution in [0.5, 0.6) is 0 Å². The molecule has 0 bridgehead atoms. The molecule has 17 heavy (non-hydrogen) atoms. The predicted molar refractivity (Wildman–Crippen MR) is 70.3 cm³/mol. The first kappa shape index (κ1) is 11.9. The van der Waals surface area contributed by atoms with Gasteiger partial charge >= 0.3 is 0 Å². The third-order valence-electron chi connectivity index (χ3n) is 2.22. The lowest BCUT2D eigenvalue weighted by molar-refractivity contribution is 1.07. The van der Waals surface area contributed by atoms with E-state index in [9.17, 15) is 0 Å². The molecule has 0 saturated heterocycles. The highest BCUT2D eigenvalue weighted by Gasteiger charge is 2.06. The Bertz CT molecular complexity index is 571. The first-order valence-corrected chi connectivity index (χ1v) is 6.30. The topological polar surface area (TPSA) is 48.7 Å². The summed E-state index contributed by atoms with van der Waals surface area (Å²) >= 11 is 7.54. The molecule has 0 aliphatic rings. The van der Waals surface area contributed by atoms with Crippen molar-refractivity contribution in [1.29, 1.82) is 5.26 Å². The van der Waals surface area contributed by atoms with E-state index in [1.54, 1.807) is 17.4 Å². The van der Waals surface area contributed by atoms with Crippen LogP contribution >= 0.6 is 22.9 Å². The van der Waals surface area contributed by atoms with E-state index in [0.717, 1.165) is 16.4 Å². The minimum Gasteiger partial charge on any atom is -0.377 e. The summed E-state index contributed by atoms with van der Waals surface area (Å²) in [6.45, 7) is 2.56. The number of nitrogens with one attached hydrogen (secondary N) is 1. The van der Waals surface area contributed by atoms with Crippen molar-refractivity contribution in [3.05, 3.63) is 44.9 Å². The number of nitrogens with zero attached hydrogens (tertiary/aromatic N) is 2. The van der Waals surface area contributed by atoms with E-state index in [1.165, 1.54) is 0 Å². The van der Waals surface area contributed by atoms with E-state index in [4.69, 9.17) is 16.9 Å². The van der Waals surface area contributed by atoms with Crippen molar-refractivity contribution < 1.29 is 0 Å². The van der Waals surface area contributed by atoms with E-state index in [-0.39, 0.29) is 0 Å². The number of aryl methyl sites for hydroxylation is 1. The van der Waals surface area contributed by atoms with Gasteiger partial charge in [-0.05, 0) is 19.1 Å². The molecule has 86 valence electrons. The molecule has 0 spiro atoms. The second-order valence-electron chi connectivity index (χ2n) is 3.51. The first-order chi connectivity index (χ1) is 8.20. The Balaban J connectivity index is 2.14. The van der Waals surface area contributed by atoms with Gasteiger partial charge in [-0.1, -0.05) is 17.7 Å². The minimum atomic E-state index is 0.466. The fraction of sp³-hybridized carbons (Fsp3) is 0.167. The molecule has 0 saturated carbocycles. The number of hydrogen-bond acceptors (Lipinski definition) is 4. The van der Waals surface area contributed by atoms with Crippen molar-refractivity contribution in [2.75, 3.05) is 5.32 Å². The maximum Gasteiger partial charge on any atom is 0.112 e. The van der Waals surface area contributed by atoms with E-state index >= 15 is 0 Å². The van der Waals surface area contributed by atoms with Crippen molar-refractivity contribution >= 4 is 28.6 Å². The summed E-state index contributed by atoms with van der Waals surface area (Å²) in [6.07, 6.45) is 0. The lowest BCUT2D eigenvalue weighted by Gasteiger charge is -2.07. The molecule has 0 aliphatic heterocycles. The Morgan fingerprint density at radius 3 is 3.00 bits per heavy atom. The second kappa shape index (κ2) is 5.17. The van der Waals surface area contributed by atoms with Gasteiger partial charge in [0.15, 0.2) is 0 Å². The molecule has 1 aromatic heterocycles. The molecule has 2 aromatic rings. The highest BCUT2D eigenvalue weighted by atomic mass is 35.5. The maximum absolute atomic E-state index is 9.01. The largest absolute Gasteiger partial charge is 0.377 e. The minimum absolute atomic E-state index is 0.466. The highest BCUT2D eigenvalue weighted by Crippen LogP contribution is 2.24. The van der Waals surface area contributed by atoms with Crippen LogP contribution in [0.15, 0.2) is 23.6 Å². The number of aromatic nitrogens is 1. The predicted octanol–water partition coefficient (Wildman–Crippen LogP) is 3.59. The van der Waals surface area contributed by atoms with Crippen molar-refractivity contribution in [2.45, 2.75) is 13.5 Å². The molecule has 0 aliphatic carbocycles. The molecule has 0 radical (unpaired) electrons. The van der Waals surface area contributed by atoms with Crippen LogP contribution in [0.1, 0.15) is 16.3 Å². The Morgan fingerprint density at radius 1 is 1.53 bits per heavy atom. The molecular weight excluding hydrogens is 254 g/mol. The van der Waals surface area contributed by atoms with E-state index in [1.807, 2.05) is 24.4 Å². The third kappa shape index (κ3) is 2.76. The average Bonchev–Trinajstić information content (AvgIpc) is 2.72. The Morgan fingerprint density at radius 2 is 2.35 bits per heavy atom. The van der Waals surface area contributed by atoms with Crippen LogP contribution in [0.25, 0.3) is 0 Å². The summed E-state index contributed by atoms with van der Waals surface area (Å²) in [5.41, 5.74) is 2.23. The van der Waals surface area contributed by atoms with Gasteiger partial charge in [0.1, 0.15) is 11.1 Å². The summed E-state index contributed by atoms with van der Waals surface area (Å²) in [5, 5.41) is 15.6. The van der Waals surface area contributed by atoms with Crippen molar-refractivity contribution in [2.24, 2.45) is 0 Å². The first-order valence-electron chi connectivity index (χ1n) is 5.04. The van der Waals surface area contributed by atoms with Gasteiger partial charge in [-0.15, -0.1) is 11.3 Å². The SMILES string of the molecule is Cc1csc(CNc2cccc(Cl)c2C#N)n1. The lowest BCUT2D eigenvalue weighted by Crippen LogP contribution is -2.01. The maximum atomic E-state index is 9.01. The summed E-state index contributed by atoms with van der Waals surface area (Å²) in [5.74, 6) is 0. The number of rotatable bonds is 3. The fourth-order valence-corrected chi connectivity index (χ4v) is 2.37. The Labute approximate surface area is 109 Å². The Hall–Kier alpha value is -1.57. The van der Waals surface area contributed by atoms with Crippen LogP contribution in [0, 0.1) is 18.3 Å². The summed E-state index contributed by atoms with van der Waals surface area (Å²) < 4.78 is 0. The molecule has 0 amide bonds. The zero-order valence-corrected chi connectivity index (χ0v) is 10.8. The molecule has 0 atom stereocenters. The molecular formula is C12H10ClN3S. The number of nitriles is 1. The van der Waals surface area contributed by atoms with Gasteiger partial charge in [-0.25, -0.2) is 4.98 Å². The van der Waals surface area contributed by atoms with Crippen molar-refractivity contribution in [3.63, 3.8) is 0 Å². The zero-order valence-electron chi connectivity index (χ0n) is 9.20. The van der Waals surface area contributed by atoms with E-state index in [0.29, 0.717) is 17.1 Å². The highest BCUT2D eigenvalue weighted by molar-refractivity contribution is 7.09. The molecule has 0 unspecified atom stereocenters. The van der Waals surface area contributed by atoms with Crippen LogP contribution in [-0.4, -0.2) is 4.98 Å². The molecule has 5 heteroatoms. The van der Waals surface area contributed by atoms with Crippen molar-refractivity contribution in [3.8, 4) is 6.07 Å². The number of thiazole rings is 1. The Kier molecular flexibility index (Phi) is 3.62. The molecule has 1 aromatic carbocycles. The second-order valence-corrected chi connectivity index (χ2v) is 4.86. The van der Waals surface area contributed by atoms with Gasteiger partial charge in [0.25, 0.3) is 0 Å². The normalized spacial score (nSPS) is 9.94.